The van der Waals surface area contributed by atoms with E-state index in [1.165, 1.54) is 18.3 Å². The van der Waals surface area contributed by atoms with Gasteiger partial charge in [0.15, 0.2) is 0 Å². The molecule has 0 aliphatic carbocycles. The van der Waals surface area contributed by atoms with Crippen LogP contribution < -0.4 is 10.1 Å². The molecule has 2 saturated heterocycles. The largest absolute Gasteiger partial charge is 0.472 e. The molecule has 1 unspecified atom stereocenters. The summed E-state index contributed by atoms with van der Waals surface area (Å²) in [6.07, 6.45) is 4.09. The molecule has 3 heterocycles. The number of piperidine rings is 1. The highest BCUT2D eigenvalue weighted by Crippen LogP contribution is 2.35. The number of hydrogen-bond acceptors (Lipinski definition) is 6. The Balaban J connectivity index is 1.64. The summed E-state index contributed by atoms with van der Waals surface area (Å²) in [6.45, 7) is 2.44. The van der Waals surface area contributed by atoms with Crippen molar-refractivity contribution < 1.29 is 14.4 Å². The van der Waals surface area contributed by atoms with Crippen molar-refractivity contribution in [3.05, 3.63) is 28.4 Å². The summed E-state index contributed by atoms with van der Waals surface area (Å²) in [5.41, 5.74) is -0.0955. The van der Waals surface area contributed by atoms with E-state index in [1.54, 1.807) is 0 Å². The van der Waals surface area contributed by atoms with Gasteiger partial charge in [0.25, 0.3) is 5.69 Å². The Morgan fingerprint density at radius 1 is 1.50 bits per heavy atom. The van der Waals surface area contributed by atoms with Gasteiger partial charge in [-0.15, -0.1) is 0 Å². The van der Waals surface area contributed by atoms with Crippen LogP contribution in [-0.2, 0) is 4.74 Å². The van der Waals surface area contributed by atoms with Crippen molar-refractivity contribution in [1.82, 2.24) is 10.3 Å². The Labute approximate surface area is 116 Å². The number of nitrogens with one attached hydrogen (secondary N) is 1. The lowest BCUT2D eigenvalue weighted by Gasteiger charge is -2.32. The van der Waals surface area contributed by atoms with Gasteiger partial charge in [0.05, 0.1) is 23.2 Å². The number of pyridine rings is 1. The Morgan fingerprint density at radius 2 is 2.30 bits per heavy atom. The van der Waals surface area contributed by atoms with Crippen molar-refractivity contribution in [2.75, 3.05) is 19.7 Å². The van der Waals surface area contributed by atoms with Gasteiger partial charge in [-0.05, 0) is 25.9 Å². The van der Waals surface area contributed by atoms with E-state index in [0.717, 1.165) is 32.4 Å². The first-order valence-corrected chi connectivity index (χ1v) is 6.79. The van der Waals surface area contributed by atoms with Crippen LogP contribution in [0.3, 0.4) is 0 Å². The van der Waals surface area contributed by atoms with Crippen LogP contribution in [0.5, 0.6) is 5.88 Å². The molecule has 2 aliphatic heterocycles. The molecule has 2 aliphatic rings. The summed E-state index contributed by atoms with van der Waals surface area (Å²) in [6, 6.07) is 2.71. The molecule has 2 fully saturated rings. The van der Waals surface area contributed by atoms with E-state index >= 15 is 0 Å². The zero-order chi connectivity index (χ0) is 14.0. The van der Waals surface area contributed by atoms with Crippen molar-refractivity contribution >= 4 is 5.69 Å². The average molecular weight is 279 g/mol. The molecule has 1 atom stereocenters. The monoisotopic (exact) mass is 279 g/mol. The van der Waals surface area contributed by atoms with Crippen molar-refractivity contribution in [2.24, 2.45) is 0 Å². The second-order valence-electron chi connectivity index (χ2n) is 5.30. The third-order valence-corrected chi connectivity index (χ3v) is 3.91. The lowest BCUT2D eigenvalue weighted by molar-refractivity contribution is -0.385. The third-order valence-electron chi connectivity index (χ3n) is 3.91. The lowest BCUT2D eigenvalue weighted by Crippen LogP contribution is -2.41. The number of hydrogen-bond donors (Lipinski definition) is 1. The van der Waals surface area contributed by atoms with E-state index in [2.05, 4.69) is 10.3 Å². The molecular weight excluding hydrogens is 262 g/mol. The van der Waals surface area contributed by atoms with Gasteiger partial charge in [0, 0.05) is 18.7 Å². The highest BCUT2D eigenvalue weighted by molar-refractivity contribution is 5.32. The van der Waals surface area contributed by atoms with Crippen molar-refractivity contribution in [2.45, 2.75) is 31.0 Å². The predicted molar refractivity (Wildman–Crippen MR) is 70.7 cm³/mol. The summed E-state index contributed by atoms with van der Waals surface area (Å²) >= 11 is 0. The molecule has 0 bridgehead atoms. The summed E-state index contributed by atoms with van der Waals surface area (Å²) in [5.74, 6) is 0.291. The summed E-state index contributed by atoms with van der Waals surface area (Å²) in [4.78, 5) is 14.3. The fourth-order valence-corrected chi connectivity index (χ4v) is 2.86. The number of aromatic nitrogens is 1. The van der Waals surface area contributed by atoms with E-state index < -0.39 is 4.92 Å². The lowest BCUT2D eigenvalue weighted by atomic mass is 9.89. The molecule has 0 saturated carbocycles. The van der Waals surface area contributed by atoms with Gasteiger partial charge in [0.1, 0.15) is 6.10 Å². The second-order valence-corrected chi connectivity index (χ2v) is 5.30. The van der Waals surface area contributed by atoms with Gasteiger partial charge in [-0.3, -0.25) is 10.1 Å². The summed E-state index contributed by atoms with van der Waals surface area (Å²) in [7, 11) is 0. The van der Waals surface area contributed by atoms with E-state index in [-0.39, 0.29) is 17.4 Å². The number of nitro groups is 1. The SMILES string of the molecule is O=[N+]([O-])c1ccnc(OC2COC3(CCNCC3)C2)c1. The molecule has 1 aromatic heterocycles. The van der Waals surface area contributed by atoms with Crippen LogP contribution in [-0.4, -0.2) is 41.3 Å². The van der Waals surface area contributed by atoms with Crippen molar-refractivity contribution in [1.29, 1.82) is 0 Å². The van der Waals surface area contributed by atoms with Gasteiger partial charge in [-0.1, -0.05) is 0 Å². The molecule has 20 heavy (non-hydrogen) atoms. The topological polar surface area (TPSA) is 86.5 Å². The van der Waals surface area contributed by atoms with Crippen molar-refractivity contribution in [3.63, 3.8) is 0 Å². The molecule has 1 N–H and O–H groups in total. The molecule has 0 amide bonds. The molecule has 0 aromatic carbocycles. The Kier molecular flexibility index (Phi) is 3.54. The van der Waals surface area contributed by atoms with Crippen LogP contribution >= 0.6 is 0 Å². The first kappa shape index (κ1) is 13.3. The highest BCUT2D eigenvalue weighted by Gasteiger charge is 2.42. The van der Waals surface area contributed by atoms with Crippen LogP contribution in [0.1, 0.15) is 19.3 Å². The first-order chi connectivity index (χ1) is 9.67. The van der Waals surface area contributed by atoms with Crippen LogP contribution in [0.25, 0.3) is 0 Å². The van der Waals surface area contributed by atoms with Crippen LogP contribution in [0.4, 0.5) is 5.69 Å². The fourth-order valence-electron chi connectivity index (χ4n) is 2.86. The smallest absolute Gasteiger partial charge is 0.276 e. The zero-order valence-electron chi connectivity index (χ0n) is 11.1. The quantitative estimate of drug-likeness (QED) is 0.662. The van der Waals surface area contributed by atoms with Crippen molar-refractivity contribution in [3.8, 4) is 5.88 Å². The number of ether oxygens (including phenoxy) is 2. The zero-order valence-corrected chi connectivity index (χ0v) is 11.1. The summed E-state index contributed by atoms with van der Waals surface area (Å²) in [5, 5.41) is 14.0. The highest BCUT2D eigenvalue weighted by atomic mass is 16.6. The molecule has 108 valence electrons. The molecule has 0 radical (unpaired) electrons. The van der Waals surface area contributed by atoms with Gasteiger partial charge < -0.3 is 14.8 Å². The molecule has 7 nitrogen and oxygen atoms in total. The van der Waals surface area contributed by atoms with Gasteiger partial charge in [0.2, 0.25) is 5.88 Å². The minimum absolute atomic E-state index is 0.00880. The molecule has 3 rings (SSSR count). The predicted octanol–water partition coefficient (Wildman–Crippen LogP) is 1.28. The maximum absolute atomic E-state index is 10.7. The van der Waals surface area contributed by atoms with Crippen LogP contribution in [0.2, 0.25) is 0 Å². The maximum atomic E-state index is 10.7. The second kappa shape index (κ2) is 5.34. The van der Waals surface area contributed by atoms with E-state index in [9.17, 15) is 10.1 Å². The van der Waals surface area contributed by atoms with Gasteiger partial charge in [-0.2, -0.15) is 0 Å². The molecule has 7 heteroatoms. The standard InChI is InChI=1S/C13H17N3O4/c17-16(18)10-1-4-15-12(7-10)20-11-8-13(19-9-11)2-5-14-6-3-13/h1,4,7,11,14H,2-3,5-6,8-9H2. The number of rotatable bonds is 3. The van der Waals surface area contributed by atoms with E-state index in [0.29, 0.717) is 12.5 Å². The number of nitrogens with zero attached hydrogens (tertiary/aromatic N) is 2. The van der Waals surface area contributed by atoms with E-state index in [1.807, 2.05) is 0 Å². The Bertz CT molecular complexity index is 502. The van der Waals surface area contributed by atoms with E-state index in [4.69, 9.17) is 9.47 Å². The fraction of sp³-hybridized carbons (Fsp3) is 0.615. The summed E-state index contributed by atoms with van der Waals surface area (Å²) < 4.78 is 11.6. The van der Waals surface area contributed by atoms with Gasteiger partial charge in [-0.25, -0.2) is 4.98 Å². The average Bonchev–Trinajstić information content (AvgIpc) is 2.82. The Morgan fingerprint density at radius 3 is 3.05 bits per heavy atom. The first-order valence-electron chi connectivity index (χ1n) is 6.79. The molecule has 1 spiro atoms. The normalized spacial score (nSPS) is 24.7. The van der Waals surface area contributed by atoms with Crippen LogP contribution in [0.15, 0.2) is 18.3 Å². The third kappa shape index (κ3) is 2.73. The molecule has 1 aromatic rings. The minimum Gasteiger partial charge on any atom is -0.472 e. The van der Waals surface area contributed by atoms with Crippen LogP contribution in [0, 0.1) is 10.1 Å². The Hall–Kier alpha value is -1.73. The molecular formula is C13H17N3O4. The maximum Gasteiger partial charge on any atom is 0.276 e. The van der Waals surface area contributed by atoms with Gasteiger partial charge >= 0.3 is 0 Å². The minimum atomic E-state index is -0.450.